The monoisotopic (exact) mass is 850 g/mol. The van der Waals surface area contributed by atoms with E-state index in [2.05, 4.69) is 23.3 Å². The summed E-state index contributed by atoms with van der Waals surface area (Å²) >= 11 is 0. The van der Waals surface area contributed by atoms with Crippen LogP contribution in [-0.4, -0.2) is 84.8 Å². The Balaban J connectivity index is 0.950. The van der Waals surface area contributed by atoms with Gasteiger partial charge in [-0.25, -0.2) is 0 Å². The van der Waals surface area contributed by atoms with E-state index in [4.69, 9.17) is 28.4 Å². The van der Waals surface area contributed by atoms with E-state index in [0.29, 0.717) is 44.1 Å². The molecular formula is C53H58N2O8. The first-order valence-corrected chi connectivity index (χ1v) is 22.7. The van der Waals surface area contributed by atoms with Crippen molar-refractivity contribution in [2.45, 2.75) is 113 Å². The van der Waals surface area contributed by atoms with Gasteiger partial charge in [-0.15, -0.1) is 0 Å². The minimum atomic E-state index is -0.703. The average Bonchev–Trinajstić information content (AvgIpc) is 3.68. The van der Waals surface area contributed by atoms with Crippen molar-refractivity contribution < 1.29 is 38.3 Å². The Morgan fingerprint density at radius 1 is 0.714 bits per heavy atom. The van der Waals surface area contributed by atoms with Crippen LogP contribution in [0.1, 0.15) is 59.1 Å². The second-order valence-corrected chi connectivity index (χ2v) is 18.1. The molecule has 2 saturated heterocycles. The Hall–Kier alpha value is -5.07. The van der Waals surface area contributed by atoms with Gasteiger partial charge in [-0.1, -0.05) is 127 Å². The molecule has 5 aromatic carbocycles. The molecule has 0 radical (unpaired) electrons. The minimum absolute atomic E-state index is 0.0275. The number of amides is 1. The number of hydrogen-bond donors (Lipinski definition) is 2. The maximum Gasteiger partial charge on any atom is 0.223 e. The molecule has 1 saturated carbocycles. The van der Waals surface area contributed by atoms with Gasteiger partial charge in [0.25, 0.3) is 0 Å². The third-order valence-electron chi connectivity index (χ3n) is 14.3. The van der Waals surface area contributed by atoms with Crippen molar-refractivity contribution in [2.24, 2.45) is 5.92 Å². The number of benzene rings is 5. The highest BCUT2D eigenvalue weighted by molar-refractivity contribution is 5.77. The molecule has 10 rings (SSSR count). The highest BCUT2D eigenvalue weighted by Crippen LogP contribution is 2.63. The number of carbonyl (C=O) groups excluding carboxylic acids is 1. The molecule has 3 heterocycles. The second kappa shape index (κ2) is 18.6. The topological polar surface area (TPSA) is 108 Å². The van der Waals surface area contributed by atoms with E-state index in [1.165, 1.54) is 11.1 Å². The molecule has 63 heavy (non-hydrogen) atoms. The molecule has 0 aromatic heterocycles. The van der Waals surface area contributed by atoms with Gasteiger partial charge in [-0.05, 0) is 79.1 Å². The maximum atomic E-state index is 14.7. The number of piperidine rings is 1. The van der Waals surface area contributed by atoms with Crippen LogP contribution in [0.2, 0.25) is 0 Å². The molecule has 10 nitrogen and oxygen atoms in total. The Kier molecular flexibility index (Phi) is 12.4. The average molecular weight is 851 g/mol. The van der Waals surface area contributed by atoms with Gasteiger partial charge in [0.1, 0.15) is 30.5 Å². The quantitative estimate of drug-likeness (QED) is 0.103. The number of nitrogens with zero attached hydrogens (tertiary/aromatic N) is 1. The van der Waals surface area contributed by atoms with Crippen LogP contribution >= 0.6 is 0 Å². The van der Waals surface area contributed by atoms with Gasteiger partial charge in [0.05, 0.1) is 51.6 Å². The highest BCUT2D eigenvalue weighted by Gasteiger charge is 2.65. The van der Waals surface area contributed by atoms with Crippen molar-refractivity contribution >= 4 is 5.91 Å². The molecule has 328 valence electrons. The van der Waals surface area contributed by atoms with E-state index >= 15 is 0 Å². The number of hydrogen-bond acceptors (Lipinski definition) is 9. The fourth-order valence-electron chi connectivity index (χ4n) is 11.4. The zero-order valence-electron chi connectivity index (χ0n) is 35.9. The van der Waals surface area contributed by atoms with Crippen molar-refractivity contribution in [3.05, 3.63) is 167 Å². The summed E-state index contributed by atoms with van der Waals surface area (Å²) in [7, 11) is 2.23. The van der Waals surface area contributed by atoms with E-state index < -0.39 is 30.5 Å². The van der Waals surface area contributed by atoms with E-state index in [1.54, 1.807) is 6.07 Å². The molecule has 1 amide bonds. The van der Waals surface area contributed by atoms with Crippen molar-refractivity contribution in [1.82, 2.24) is 10.2 Å². The first kappa shape index (κ1) is 41.9. The minimum Gasteiger partial charge on any atom is -0.504 e. The summed E-state index contributed by atoms with van der Waals surface area (Å²) < 4.78 is 41.0. The van der Waals surface area contributed by atoms with Crippen LogP contribution in [0.5, 0.6) is 11.5 Å². The number of ether oxygens (including phenoxy) is 6. The van der Waals surface area contributed by atoms with E-state index in [-0.39, 0.29) is 42.2 Å². The molecule has 1 spiro atoms. The fourth-order valence-corrected chi connectivity index (χ4v) is 11.4. The summed E-state index contributed by atoms with van der Waals surface area (Å²) in [4.78, 5) is 17.2. The van der Waals surface area contributed by atoms with E-state index in [9.17, 15) is 9.90 Å². The number of phenolic OH excluding ortho intramolecular Hbond substituents is 1. The summed E-state index contributed by atoms with van der Waals surface area (Å²) in [5.74, 6) is 1.02. The zero-order chi connectivity index (χ0) is 42.8. The standard InChI is InChI=1S/C53H58N2O8/c1-55-27-26-53-40-23-24-41(52(53)63-48-43(56)25-22-39(47(48)53)28-42(40)55)54-46(57)29-44-49(59-31-36-16-8-3-9-17-36)51(61-33-38-20-12-5-13-21-38)50(60-32-37-18-10-4-11-19-37)45(62-44)34-58-30-35-14-6-2-7-15-35/h2-22,25,40-42,44-45,49-52,56H,23-24,26-34H2,1H3,(H,54,57)/t40-,41+,42+,44-,45+,49-,50+,51-,52-,53-/m0/s1. The molecule has 5 aromatic rings. The smallest absolute Gasteiger partial charge is 0.223 e. The molecule has 3 fully saturated rings. The second-order valence-electron chi connectivity index (χ2n) is 18.1. The Labute approximate surface area is 370 Å². The molecule has 2 aliphatic carbocycles. The van der Waals surface area contributed by atoms with Crippen LogP contribution in [-0.2, 0) is 66.7 Å². The van der Waals surface area contributed by atoms with E-state index in [1.807, 2.05) is 121 Å². The summed E-state index contributed by atoms with van der Waals surface area (Å²) in [6.45, 7) is 2.48. The fraction of sp³-hybridized carbons (Fsp3) is 0.415. The molecule has 2 bridgehead atoms. The van der Waals surface area contributed by atoms with Gasteiger partial charge < -0.3 is 43.7 Å². The number of likely N-dealkylation sites (N-methyl/N-ethyl adjacent to an activating group) is 1. The predicted octanol–water partition coefficient (Wildman–Crippen LogP) is 7.68. The Morgan fingerprint density at radius 3 is 1.87 bits per heavy atom. The number of phenols is 1. The molecule has 3 aliphatic heterocycles. The van der Waals surface area contributed by atoms with Gasteiger partial charge in [-0.3, -0.25) is 4.79 Å². The third kappa shape index (κ3) is 8.53. The van der Waals surface area contributed by atoms with Crippen LogP contribution in [0.25, 0.3) is 0 Å². The zero-order valence-corrected chi connectivity index (χ0v) is 35.9. The first-order chi connectivity index (χ1) is 30.9. The Morgan fingerprint density at radius 2 is 1.27 bits per heavy atom. The Bertz CT molecular complexity index is 2300. The number of likely N-dealkylation sites (tertiary alicyclic amines) is 1. The summed E-state index contributed by atoms with van der Waals surface area (Å²) in [5, 5.41) is 14.6. The van der Waals surface area contributed by atoms with Crippen molar-refractivity contribution in [3.8, 4) is 11.5 Å². The molecular weight excluding hydrogens is 793 g/mol. The lowest BCUT2D eigenvalue weighted by molar-refractivity contribution is -0.272. The van der Waals surface area contributed by atoms with Gasteiger partial charge >= 0.3 is 0 Å². The number of rotatable bonds is 16. The van der Waals surface area contributed by atoms with Crippen LogP contribution in [0, 0.1) is 5.92 Å². The summed E-state index contributed by atoms with van der Waals surface area (Å²) in [6, 6.07) is 44.3. The van der Waals surface area contributed by atoms with Crippen LogP contribution in [0.3, 0.4) is 0 Å². The molecule has 5 aliphatic rings. The normalized spacial score (nSPS) is 29.4. The highest BCUT2D eigenvalue weighted by atomic mass is 16.6. The molecule has 2 N–H and O–H groups in total. The van der Waals surface area contributed by atoms with Crippen LogP contribution in [0.4, 0.5) is 0 Å². The lowest BCUT2D eigenvalue weighted by atomic mass is 9.51. The first-order valence-electron chi connectivity index (χ1n) is 22.7. The third-order valence-corrected chi connectivity index (χ3v) is 14.3. The van der Waals surface area contributed by atoms with Crippen molar-refractivity contribution in [1.29, 1.82) is 0 Å². The summed E-state index contributed by atoms with van der Waals surface area (Å²) in [5.41, 5.74) is 6.24. The van der Waals surface area contributed by atoms with Crippen LogP contribution in [0.15, 0.2) is 133 Å². The van der Waals surface area contributed by atoms with Crippen molar-refractivity contribution in [3.63, 3.8) is 0 Å². The maximum absolute atomic E-state index is 14.7. The van der Waals surface area contributed by atoms with Crippen molar-refractivity contribution in [2.75, 3.05) is 20.2 Å². The lowest BCUT2D eigenvalue weighted by Gasteiger charge is -2.59. The number of nitrogens with one attached hydrogen (secondary N) is 1. The van der Waals surface area contributed by atoms with Gasteiger partial charge in [-0.2, -0.15) is 0 Å². The van der Waals surface area contributed by atoms with Crippen LogP contribution < -0.4 is 10.1 Å². The van der Waals surface area contributed by atoms with Gasteiger partial charge in [0.15, 0.2) is 11.5 Å². The molecule has 10 heteroatoms. The number of carbonyl (C=O) groups is 1. The number of aromatic hydroxyl groups is 1. The molecule has 0 unspecified atom stereocenters. The molecule has 10 atom stereocenters. The lowest BCUT2D eigenvalue weighted by Crippen LogP contribution is -2.68. The SMILES string of the molecule is CN1CC[C@]23c4c5ccc(O)c4O[C@H]2[C@H](NC(=O)C[C@@H]2O[C@H](COCc4ccccc4)[C@@H](OCc4ccccc4)[C@@H](OCc4ccccc4)[C@H]2OCc2ccccc2)CC[C@H]3[C@H]1C5. The largest absolute Gasteiger partial charge is 0.504 e. The van der Waals surface area contributed by atoms with E-state index in [0.717, 1.165) is 54.5 Å². The predicted molar refractivity (Wildman–Crippen MR) is 238 cm³/mol. The van der Waals surface area contributed by atoms with Gasteiger partial charge in [0.2, 0.25) is 5.91 Å². The summed E-state index contributed by atoms with van der Waals surface area (Å²) in [6.07, 6.45) is 0.154. The van der Waals surface area contributed by atoms with Gasteiger partial charge in [0, 0.05) is 17.0 Å².